The van der Waals surface area contributed by atoms with Crippen molar-refractivity contribution < 1.29 is 72.0 Å². The van der Waals surface area contributed by atoms with Crippen molar-refractivity contribution in [3.05, 3.63) is 0 Å². The molecule has 17 heteroatoms. The summed E-state index contributed by atoms with van der Waals surface area (Å²) in [7, 11) is -14.5. The second-order valence-electron chi connectivity index (χ2n) is 1.30. The standard InChI is InChI=1S/3H2O4S.H4Si.Zn/c3*1-5(2,3)4;;/h3*(H2,1,2,3,4);1H4;/q;;;;+2/p-2. The van der Waals surface area contributed by atoms with Gasteiger partial charge in [0.15, 0.2) is 0 Å². The minimum absolute atomic E-state index is 0. The summed E-state index contributed by atoms with van der Waals surface area (Å²) in [6.45, 7) is 0. The molecule has 0 spiro atoms. The smallest absolute Gasteiger partial charge is 0.759 e. The van der Waals surface area contributed by atoms with Gasteiger partial charge in [0, 0.05) is 10.4 Å². The molecule has 0 aliphatic heterocycles. The van der Waals surface area contributed by atoms with Gasteiger partial charge < -0.3 is 9.11 Å². The third-order valence-corrected chi connectivity index (χ3v) is 0. The normalized spacial score (nSPS) is 10.2. The molecule has 0 amide bonds. The molecule has 0 aromatic rings. The van der Waals surface area contributed by atoms with E-state index in [-0.39, 0.29) is 30.4 Å². The fourth-order valence-corrected chi connectivity index (χ4v) is 0. The molecule has 0 radical (unpaired) electrons. The molecule has 0 aliphatic carbocycles. The van der Waals surface area contributed by atoms with Crippen molar-refractivity contribution in [2.45, 2.75) is 0 Å². The molecule has 0 aromatic heterocycles. The van der Waals surface area contributed by atoms with Crippen molar-refractivity contribution in [3.63, 3.8) is 0 Å². The first-order valence-electron chi connectivity index (χ1n) is 2.06. The first kappa shape index (κ1) is 30.5. The van der Waals surface area contributed by atoms with Gasteiger partial charge >= 0.3 is 40.3 Å². The molecule has 0 atom stereocenters. The molecule has 0 bridgehead atoms. The van der Waals surface area contributed by atoms with Crippen LogP contribution in [0, 0.1) is 0 Å². The van der Waals surface area contributed by atoms with Gasteiger partial charge in [0.1, 0.15) is 0 Å². The summed E-state index contributed by atoms with van der Waals surface area (Å²) in [5.41, 5.74) is 0. The minimum atomic E-state index is -5.17. The summed E-state index contributed by atoms with van der Waals surface area (Å²) >= 11 is 0. The first-order chi connectivity index (χ1) is 6.00. The van der Waals surface area contributed by atoms with Crippen molar-refractivity contribution >= 4 is 42.2 Å². The molecule has 0 heterocycles. The van der Waals surface area contributed by atoms with Gasteiger partial charge in [0.25, 0.3) is 0 Å². The van der Waals surface area contributed by atoms with E-state index in [1.165, 1.54) is 0 Å². The fraction of sp³-hybridized carbons (Fsp3) is 0. The van der Waals surface area contributed by atoms with E-state index < -0.39 is 31.2 Å². The van der Waals surface area contributed by atoms with E-state index in [0.29, 0.717) is 0 Å². The van der Waals surface area contributed by atoms with E-state index in [1.807, 2.05) is 0 Å². The Morgan fingerprint density at radius 1 is 0.647 bits per heavy atom. The van der Waals surface area contributed by atoms with Crippen LogP contribution in [0.25, 0.3) is 0 Å². The molecule has 4 N–H and O–H groups in total. The van der Waals surface area contributed by atoms with Crippen molar-refractivity contribution in [1.82, 2.24) is 0 Å². The number of rotatable bonds is 0. The van der Waals surface area contributed by atoms with Crippen LogP contribution in [-0.2, 0) is 50.7 Å². The quantitative estimate of drug-likeness (QED) is 0.176. The molecule has 0 saturated carbocycles. The van der Waals surface area contributed by atoms with Gasteiger partial charge in [-0.2, -0.15) is 16.8 Å². The van der Waals surface area contributed by atoms with Crippen LogP contribution >= 0.6 is 0 Å². The van der Waals surface area contributed by atoms with E-state index in [4.69, 9.17) is 52.6 Å². The Balaban J connectivity index is -0.0000000400. The van der Waals surface area contributed by atoms with E-state index in [2.05, 4.69) is 0 Å². The molecule has 0 rings (SSSR count). The van der Waals surface area contributed by atoms with Crippen LogP contribution in [0.15, 0.2) is 0 Å². The monoisotopic (exact) mass is 388 g/mol. The third kappa shape index (κ3) is 16900. The van der Waals surface area contributed by atoms with E-state index in [9.17, 15) is 0 Å². The molecule has 104 valence electrons. The van der Waals surface area contributed by atoms with Gasteiger partial charge in [-0.3, -0.25) is 26.6 Å². The SMILES string of the molecule is O=S(=O)(O)O.O=S(=O)(O)O.O=S(=O)([O-])[O-].[SiH4].[Zn+2]. The third-order valence-electron chi connectivity index (χ3n) is 0. The molecule has 0 aliphatic rings. The number of hydrogen-bond donors (Lipinski definition) is 4. The van der Waals surface area contributed by atoms with Gasteiger partial charge in [-0.05, 0) is 11.0 Å². The Labute approximate surface area is 114 Å². The molecule has 0 aromatic carbocycles. The molecule has 12 nitrogen and oxygen atoms in total. The van der Waals surface area contributed by atoms with Crippen LogP contribution in [0.2, 0.25) is 0 Å². The zero-order valence-corrected chi connectivity index (χ0v) is 12.4. The summed E-state index contributed by atoms with van der Waals surface area (Å²) in [4.78, 5) is 0. The first-order valence-corrected chi connectivity index (χ1v) is 6.19. The summed E-state index contributed by atoms with van der Waals surface area (Å²) in [6, 6.07) is 0. The Hall–Kier alpha value is 0.450. The zero-order valence-electron chi connectivity index (χ0n) is 6.99. The number of hydrogen-bond acceptors (Lipinski definition) is 8. The predicted molar refractivity (Wildman–Crippen MR) is 50.2 cm³/mol. The topological polar surface area (TPSA) is 229 Å². The van der Waals surface area contributed by atoms with E-state index >= 15 is 0 Å². The molecular formula is H8O12S3SiZn. The van der Waals surface area contributed by atoms with Gasteiger partial charge in [-0.25, -0.2) is 0 Å². The molecule has 0 saturated heterocycles. The summed E-state index contributed by atoms with van der Waals surface area (Å²) in [6.07, 6.45) is 0. The summed E-state index contributed by atoms with van der Waals surface area (Å²) < 4.78 is 97.2. The van der Waals surface area contributed by atoms with E-state index in [1.54, 1.807) is 0 Å². The van der Waals surface area contributed by atoms with Crippen LogP contribution in [-0.4, -0.2) is 63.5 Å². The van der Waals surface area contributed by atoms with Gasteiger partial charge in [0.05, 0.1) is 0 Å². The van der Waals surface area contributed by atoms with Crippen LogP contribution in [0.1, 0.15) is 0 Å². The van der Waals surface area contributed by atoms with Gasteiger partial charge in [0.2, 0.25) is 0 Å². The maximum Gasteiger partial charge on any atom is 2.00 e. The molecule has 0 unspecified atom stereocenters. The molecule has 0 fully saturated rings. The fourth-order valence-electron chi connectivity index (χ4n) is 0. The van der Waals surface area contributed by atoms with Crippen LogP contribution in [0.3, 0.4) is 0 Å². The second kappa shape index (κ2) is 11.5. The molecular weight excluding hydrogens is 382 g/mol. The molecule has 17 heavy (non-hydrogen) atoms. The largest absolute Gasteiger partial charge is 2.00 e. The van der Waals surface area contributed by atoms with Gasteiger partial charge in [-0.15, -0.1) is 0 Å². The predicted octanol–water partition coefficient (Wildman–Crippen LogP) is -4.10. The van der Waals surface area contributed by atoms with E-state index in [0.717, 1.165) is 0 Å². The maximum absolute atomic E-state index is 8.74. The van der Waals surface area contributed by atoms with Crippen molar-refractivity contribution in [3.8, 4) is 0 Å². The van der Waals surface area contributed by atoms with Crippen LogP contribution in [0.5, 0.6) is 0 Å². The van der Waals surface area contributed by atoms with Crippen molar-refractivity contribution in [1.29, 1.82) is 0 Å². The Kier molecular flexibility index (Phi) is 20.7. The average Bonchev–Trinajstić information content (AvgIpc) is 1.41. The summed E-state index contributed by atoms with van der Waals surface area (Å²) in [5.74, 6) is 0. The van der Waals surface area contributed by atoms with Crippen LogP contribution < -0.4 is 0 Å². The Morgan fingerprint density at radius 3 is 0.647 bits per heavy atom. The second-order valence-corrected chi connectivity index (χ2v) is 3.91. The maximum atomic E-state index is 8.74. The average molecular weight is 390 g/mol. The van der Waals surface area contributed by atoms with Crippen molar-refractivity contribution in [2.75, 3.05) is 0 Å². The zero-order chi connectivity index (χ0) is 13.5. The minimum Gasteiger partial charge on any atom is -0.759 e. The van der Waals surface area contributed by atoms with Crippen molar-refractivity contribution in [2.24, 2.45) is 0 Å². The summed E-state index contributed by atoms with van der Waals surface area (Å²) in [5, 5.41) is 0. The van der Waals surface area contributed by atoms with Gasteiger partial charge in [-0.1, -0.05) is 0 Å². The van der Waals surface area contributed by atoms with Crippen LogP contribution in [0.4, 0.5) is 0 Å². The Morgan fingerprint density at radius 2 is 0.647 bits per heavy atom. The Bertz CT molecular complexity index is 343.